The van der Waals surface area contributed by atoms with Crippen LogP contribution in [0.3, 0.4) is 0 Å². The molecule has 0 radical (unpaired) electrons. The van der Waals surface area contributed by atoms with Crippen molar-refractivity contribution in [2.45, 2.75) is 33.0 Å². The van der Waals surface area contributed by atoms with Crippen molar-refractivity contribution >= 4 is 5.91 Å². The van der Waals surface area contributed by atoms with Crippen LogP contribution in [0.15, 0.2) is 34.9 Å². The SMILES string of the molecule is Cc1ccc(O)c(CNC(C)C(=O)NCc2ccco2)n1. The van der Waals surface area contributed by atoms with E-state index in [1.54, 1.807) is 37.5 Å². The number of aromatic hydroxyl groups is 1. The van der Waals surface area contributed by atoms with E-state index < -0.39 is 6.04 Å². The summed E-state index contributed by atoms with van der Waals surface area (Å²) in [4.78, 5) is 16.1. The van der Waals surface area contributed by atoms with Gasteiger partial charge in [-0.3, -0.25) is 9.78 Å². The van der Waals surface area contributed by atoms with Gasteiger partial charge < -0.3 is 20.2 Å². The summed E-state index contributed by atoms with van der Waals surface area (Å²) in [7, 11) is 0. The lowest BCUT2D eigenvalue weighted by Gasteiger charge is -2.14. The van der Waals surface area contributed by atoms with Crippen molar-refractivity contribution < 1.29 is 14.3 Å². The van der Waals surface area contributed by atoms with E-state index >= 15 is 0 Å². The summed E-state index contributed by atoms with van der Waals surface area (Å²) < 4.78 is 5.14. The highest BCUT2D eigenvalue weighted by Crippen LogP contribution is 2.14. The third-order valence-corrected chi connectivity index (χ3v) is 3.08. The lowest BCUT2D eigenvalue weighted by atomic mass is 10.2. The molecule has 0 saturated carbocycles. The average molecular weight is 289 g/mol. The van der Waals surface area contributed by atoms with Crippen LogP contribution in [-0.4, -0.2) is 22.0 Å². The van der Waals surface area contributed by atoms with E-state index in [1.807, 2.05) is 6.92 Å². The van der Waals surface area contributed by atoms with Gasteiger partial charge in [0.1, 0.15) is 11.5 Å². The molecule has 0 aromatic carbocycles. The van der Waals surface area contributed by atoms with Gasteiger partial charge in [-0.1, -0.05) is 0 Å². The molecule has 1 atom stereocenters. The molecule has 0 bridgehead atoms. The molecule has 0 aliphatic rings. The van der Waals surface area contributed by atoms with E-state index in [4.69, 9.17) is 4.42 Å². The fourth-order valence-electron chi connectivity index (χ4n) is 1.82. The second kappa shape index (κ2) is 6.90. The number of aryl methyl sites for hydroxylation is 1. The third kappa shape index (κ3) is 4.32. The predicted molar refractivity (Wildman–Crippen MR) is 77.5 cm³/mol. The molecule has 112 valence electrons. The van der Waals surface area contributed by atoms with E-state index in [0.717, 1.165) is 5.69 Å². The maximum atomic E-state index is 11.9. The zero-order valence-corrected chi connectivity index (χ0v) is 12.1. The first-order valence-corrected chi connectivity index (χ1v) is 6.75. The van der Waals surface area contributed by atoms with Crippen molar-refractivity contribution in [2.75, 3.05) is 0 Å². The Morgan fingerprint density at radius 2 is 2.19 bits per heavy atom. The van der Waals surface area contributed by atoms with Gasteiger partial charge in [0.05, 0.1) is 24.5 Å². The van der Waals surface area contributed by atoms with E-state index in [2.05, 4.69) is 15.6 Å². The normalized spacial score (nSPS) is 12.1. The summed E-state index contributed by atoms with van der Waals surface area (Å²) in [6.45, 7) is 4.28. The van der Waals surface area contributed by atoms with Crippen LogP contribution in [0, 0.1) is 6.92 Å². The fourth-order valence-corrected chi connectivity index (χ4v) is 1.82. The minimum absolute atomic E-state index is 0.122. The summed E-state index contributed by atoms with van der Waals surface area (Å²) in [6.07, 6.45) is 1.56. The van der Waals surface area contributed by atoms with Gasteiger partial charge in [-0.15, -0.1) is 0 Å². The largest absolute Gasteiger partial charge is 0.506 e. The lowest BCUT2D eigenvalue weighted by Crippen LogP contribution is -2.41. The van der Waals surface area contributed by atoms with Gasteiger partial charge in [0, 0.05) is 12.2 Å². The molecule has 0 fully saturated rings. The summed E-state index contributed by atoms with van der Waals surface area (Å²) in [6, 6.07) is 6.50. The molecule has 1 unspecified atom stereocenters. The summed E-state index contributed by atoms with van der Waals surface area (Å²) in [5.41, 5.74) is 1.35. The molecule has 21 heavy (non-hydrogen) atoms. The monoisotopic (exact) mass is 289 g/mol. The van der Waals surface area contributed by atoms with Crippen molar-refractivity contribution in [3.8, 4) is 5.75 Å². The number of hydrogen-bond donors (Lipinski definition) is 3. The molecule has 2 heterocycles. The summed E-state index contributed by atoms with van der Waals surface area (Å²) >= 11 is 0. The van der Waals surface area contributed by atoms with E-state index in [9.17, 15) is 9.90 Å². The summed E-state index contributed by atoms with van der Waals surface area (Å²) in [5.74, 6) is 0.684. The van der Waals surface area contributed by atoms with Crippen LogP contribution in [-0.2, 0) is 17.9 Å². The second-order valence-electron chi connectivity index (χ2n) is 4.82. The molecular formula is C15H19N3O3. The molecule has 3 N–H and O–H groups in total. The number of carbonyl (C=O) groups excluding carboxylic acids is 1. The van der Waals surface area contributed by atoms with E-state index in [1.165, 1.54) is 0 Å². The first kappa shape index (κ1) is 15.1. The van der Waals surface area contributed by atoms with Crippen LogP contribution in [0.25, 0.3) is 0 Å². The minimum Gasteiger partial charge on any atom is -0.506 e. The molecular weight excluding hydrogens is 270 g/mol. The molecule has 2 aromatic rings. The Morgan fingerprint density at radius 1 is 1.38 bits per heavy atom. The van der Waals surface area contributed by atoms with Crippen molar-refractivity contribution in [1.29, 1.82) is 0 Å². The minimum atomic E-state index is -0.401. The van der Waals surface area contributed by atoms with Crippen molar-refractivity contribution in [1.82, 2.24) is 15.6 Å². The Bertz CT molecular complexity index is 596. The molecule has 2 aromatic heterocycles. The molecule has 2 rings (SSSR count). The maximum Gasteiger partial charge on any atom is 0.237 e. The van der Waals surface area contributed by atoms with Crippen LogP contribution in [0.4, 0.5) is 0 Å². The van der Waals surface area contributed by atoms with Crippen molar-refractivity contribution in [3.63, 3.8) is 0 Å². The van der Waals surface area contributed by atoms with Gasteiger partial charge in [-0.2, -0.15) is 0 Å². The Kier molecular flexibility index (Phi) is 4.94. The average Bonchev–Trinajstić information content (AvgIpc) is 2.98. The highest BCUT2D eigenvalue weighted by atomic mass is 16.3. The first-order chi connectivity index (χ1) is 10.1. The second-order valence-corrected chi connectivity index (χ2v) is 4.82. The number of pyridine rings is 1. The lowest BCUT2D eigenvalue weighted by molar-refractivity contribution is -0.123. The zero-order valence-electron chi connectivity index (χ0n) is 12.1. The van der Waals surface area contributed by atoms with Crippen molar-refractivity contribution in [3.05, 3.63) is 47.7 Å². The number of nitrogens with one attached hydrogen (secondary N) is 2. The van der Waals surface area contributed by atoms with Gasteiger partial charge in [-0.05, 0) is 38.1 Å². The van der Waals surface area contributed by atoms with Gasteiger partial charge in [0.25, 0.3) is 0 Å². The van der Waals surface area contributed by atoms with E-state index in [-0.39, 0.29) is 11.7 Å². The molecule has 6 nitrogen and oxygen atoms in total. The van der Waals surface area contributed by atoms with Gasteiger partial charge in [0.15, 0.2) is 0 Å². The van der Waals surface area contributed by atoms with Crippen LogP contribution in [0.2, 0.25) is 0 Å². The number of aromatic nitrogens is 1. The summed E-state index contributed by atoms with van der Waals surface area (Å²) in [5, 5.41) is 15.5. The third-order valence-electron chi connectivity index (χ3n) is 3.08. The topological polar surface area (TPSA) is 87.4 Å². The number of hydrogen-bond acceptors (Lipinski definition) is 5. The number of furan rings is 1. The van der Waals surface area contributed by atoms with Crippen LogP contribution < -0.4 is 10.6 Å². The van der Waals surface area contributed by atoms with Gasteiger partial charge in [-0.25, -0.2) is 0 Å². The Balaban J connectivity index is 1.82. The van der Waals surface area contributed by atoms with E-state index in [0.29, 0.717) is 24.5 Å². The highest BCUT2D eigenvalue weighted by molar-refractivity contribution is 5.81. The van der Waals surface area contributed by atoms with Crippen LogP contribution in [0.5, 0.6) is 5.75 Å². The number of nitrogens with zero attached hydrogens (tertiary/aromatic N) is 1. The molecule has 0 spiro atoms. The van der Waals surface area contributed by atoms with Gasteiger partial charge in [0.2, 0.25) is 5.91 Å². The molecule has 0 saturated heterocycles. The highest BCUT2D eigenvalue weighted by Gasteiger charge is 2.13. The molecule has 0 aliphatic heterocycles. The molecule has 1 amide bonds. The standard InChI is InChI=1S/C15H19N3O3/c1-10-5-6-14(19)13(18-10)9-16-11(2)15(20)17-8-12-4-3-7-21-12/h3-7,11,16,19H,8-9H2,1-2H3,(H,17,20). The predicted octanol–water partition coefficient (Wildman–Crippen LogP) is 1.48. The first-order valence-electron chi connectivity index (χ1n) is 6.75. The van der Waals surface area contributed by atoms with Crippen molar-refractivity contribution in [2.24, 2.45) is 0 Å². The molecule has 0 aliphatic carbocycles. The number of rotatable bonds is 6. The number of amides is 1. The van der Waals surface area contributed by atoms with Crippen LogP contribution in [0.1, 0.15) is 24.1 Å². The fraction of sp³-hybridized carbons (Fsp3) is 0.333. The maximum absolute atomic E-state index is 11.9. The Hall–Kier alpha value is -2.34. The smallest absolute Gasteiger partial charge is 0.237 e. The Labute approximate surface area is 123 Å². The van der Waals surface area contributed by atoms with Crippen LogP contribution >= 0.6 is 0 Å². The molecule has 6 heteroatoms. The number of carbonyl (C=O) groups is 1. The zero-order chi connectivity index (χ0) is 15.2. The quantitative estimate of drug-likeness (QED) is 0.750. The van der Waals surface area contributed by atoms with Gasteiger partial charge >= 0.3 is 0 Å². The Morgan fingerprint density at radius 3 is 2.90 bits per heavy atom.